The molecule has 0 aliphatic heterocycles. The van der Waals surface area contributed by atoms with Crippen molar-refractivity contribution in [2.45, 2.75) is 0 Å². The Morgan fingerprint density at radius 3 is 2.76 bits per heavy atom. The van der Waals surface area contributed by atoms with Gasteiger partial charge in [0.1, 0.15) is 5.15 Å². The van der Waals surface area contributed by atoms with Gasteiger partial charge in [-0.1, -0.05) is 11.6 Å². The van der Waals surface area contributed by atoms with Crippen LogP contribution in [0.2, 0.25) is 5.15 Å². The second-order valence-electron chi connectivity index (χ2n) is 3.83. The molecular weight excluding hydrogens is 304 g/mol. The van der Waals surface area contributed by atoms with Gasteiger partial charge in [-0.2, -0.15) is 0 Å². The number of nitrogens with one attached hydrogen (secondary N) is 2. The van der Waals surface area contributed by atoms with Gasteiger partial charge in [0.2, 0.25) is 5.82 Å². The number of aromatic hydroxyl groups is 1. The summed E-state index contributed by atoms with van der Waals surface area (Å²) in [5.74, 6) is -1.73. The number of carbonyl (C=O) groups excluding carboxylic acids is 1. The Kier molecular flexibility index (Phi) is 3.85. The highest BCUT2D eigenvalue weighted by Gasteiger charge is 2.19. The predicted molar refractivity (Wildman–Crippen MR) is 72.6 cm³/mol. The molecule has 0 aromatic carbocycles. The molecule has 2 heterocycles. The zero-order chi connectivity index (χ0) is 15.6. The van der Waals surface area contributed by atoms with E-state index in [1.807, 2.05) is 4.98 Å². The average molecular weight is 311 g/mol. The zero-order valence-corrected chi connectivity index (χ0v) is 10.9. The molecule has 0 unspecified atom stereocenters. The molecule has 0 bridgehead atoms. The van der Waals surface area contributed by atoms with E-state index in [4.69, 9.17) is 11.6 Å². The molecule has 2 aromatic heterocycles. The van der Waals surface area contributed by atoms with Crippen molar-refractivity contribution in [3.63, 3.8) is 0 Å². The fourth-order valence-corrected chi connectivity index (χ4v) is 1.65. The molecule has 0 radical (unpaired) electrons. The Morgan fingerprint density at radius 2 is 2.14 bits per heavy atom. The second-order valence-corrected chi connectivity index (χ2v) is 4.22. The molecule has 0 atom stereocenters. The lowest BCUT2D eigenvalue weighted by atomic mass is 10.2. The summed E-state index contributed by atoms with van der Waals surface area (Å²) in [5, 5.41) is 22.2. The van der Waals surface area contributed by atoms with E-state index in [-0.39, 0.29) is 16.5 Å². The standard InChI is InChI=1S/C11H7ClN4O5/c12-7-2-1-6(16(20)21)10(13-7)15-11(19)5-3-8(17)14-9(18)4-5/h1-4H,(H,13,15,19)(H2,14,17,18). The van der Waals surface area contributed by atoms with Crippen LogP contribution in [0.25, 0.3) is 0 Å². The van der Waals surface area contributed by atoms with Gasteiger partial charge in [0.25, 0.3) is 11.5 Å². The van der Waals surface area contributed by atoms with Crippen molar-refractivity contribution in [2.75, 3.05) is 5.32 Å². The number of carbonyl (C=O) groups is 1. The van der Waals surface area contributed by atoms with Crippen molar-refractivity contribution < 1.29 is 14.8 Å². The van der Waals surface area contributed by atoms with Gasteiger partial charge in [-0.3, -0.25) is 24.7 Å². The fraction of sp³-hybridized carbons (Fsp3) is 0. The normalized spacial score (nSPS) is 10.1. The molecule has 21 heavy (non-hydrogen) atoms. The van der Waals surface area contributed by atoms with E-state index in [9.17, 15) is 24.8 Å². The van der Waals surface area contributed by atoms with E-state index in [0.29, 0.717) is 0 Å². The molecule has 0 saturated heterocycles. The van der Waals surface area contributed by atoms with Crippen molar-refractivity contribution in [1.82, 2.24) is 9.97 Å². The molecule has 0 aliphatic carbocycles. The number of nitrogens with zero attached hydrogens (tertiary/aromatic N) is 2. The maximum absolute atomic E-state index is 11.9. The lowest BCUT2D eigenvalue weighted by Gasteiger charge is -2.05. The summed E-state index contributed by atoms with van der Waals surface area (Å²) < 4.78 is 0. The van der Waals surface area contributed by atoms with Crippen molar-refractivity contribution in [3.8, 4) is 5.88 Å². The first-order valence-corrected chi connectivity index (χ1v) is 5.80. The van der Waals surface area contributed by atoms with Gasteiger partial charge in [-0.05, 0) is 6.07 Å². The zero-order valence-electron chi connectivity index (χ0n) is 10.2. The number of aromatic amines is 1. The summed E-state index contributed by atoms with van der Waals surface area (Å²) in [4.78, 5) is 38.9. The quantitative estimate of drug-likeness (QED) is 0.443. The van der Waals surface area contributed by atoms with Gasteiger partial charge >= 0.3 is 5.69 Å². The van der Waals surface area contributed by atoms with Crippen molar-refractivity contribution >= 4 is 29.0 Å². The average Bonchev–Trinajstić information content (AvgIpc) is 2.37. The van der Waals surface area contributed by atoms with E-state index in [2.05, 4.69) is 10.3 Å². The molecule has 108 valence electrons. The van der Waals surface area contributed by atoms with Gasteiger partial charge < -0.3 is 10.4 Å². The number of H-pyrrole nitrogens is 1. The molecule has 0 aliphatic rings. The molecular formula is C11H7ClN4O5. The van der Waals surface area contributed by atoms with Crippen LogP contribution in [0.4, 0.5) is 11.5 Å². The Morgan fingerprint density at radius 1 is 1.43 bits per heavy atom. The molecule has 2 rings (SSSR count). The third-order valence-electron chi connectivity index (χ3n) is 2.36. The Labute approximate surface area is 121 Å². The minimum atomic E-state index is -0.853. The fourth-order valence-electron chi connectivity index (χ4n) is 1.51. The monoisotopic (exact) mass is 310 g/mol. The number of anilines is 1. The van der Waals surface area contributed by atoms with Crippen LogP contribution in [-0.4, -0.2) is 25.9 Å². The molecule has 0 spiro atoms. The lowest BCUT2D eigenvalue weighted by molar-refractivity contribution is -0.384. The Bertz CT molecular complexity index is 788. The maximum atomic E-state index is 11.9. The first kappa shape index (κ1) is 14.5. The van der Waals surface area contributed by atoms with E-state index >= 15 is 0 Å². The number of aromatic nitrogens is 2. The number of halogens is 1. The first-order chi connectivity index (χ1) is 9.86. The van der Waals surface area contributed by atoms with Crippen molar-refractivity contribution in [2.24, 2.45) is 0 Å². The van der Waals surface area contributed by atoms with Crippen LogP contribution in [0.3, 0.4) is 0 Å². The topological polar surface area (TPSA) is 138 Å². The molecule has 10 heteroatoms. The summed E-state index contributed by atoms with van der Waals surface area (Å²) in [6.07, 6.45) is 0. The van der Waals surface area contributed by atoms with Crippen LogP contribution in [0.1, 0.15) is 10.4 Å². The van der Waals surface area contributed by atoms with Crippen molar-refractivity contribution in [3.05, 3.63) is 55.5 Å². The summed E-state index contributed by atoms with van der Waals surface area (Å²) in [6, 6.07) is 4.20. The van der Waals surface area contributed by atoms with E-state index in [0.717, 1.165) is 18.2 Å². The van der Waals surface area contributed by atoms with E-state index < -0.39 is 28.0 Å². The smallest absolute Gasteiger partial charge is 0.311 e. The Hall–Kier alpha value is -2.94. The SMILES string of the molecule is O=C(Nc1nc(Cl)ccc1[N+](=O)[O-])c1cc(O)[nH]c(=O)c1. The van der Waals surface area contributed by atoms with E-state index in [1.165, 1.54) is 6.07 Å². The molecule has 0 saturated carbocycles. The number of hydrogen-bond acceptors (Lipinski definition) is 6. The third-order valence-corrected chi connectivity index (χ3v) is 2.57. The molecule has 3 N–H and O–H groups in total. The largest absolute Gasteiger partial charge is 0.494 e. The summed E-state index contributed by atoms with van der Waals surface area (Å²) in [7, 11) is 0. The van der Waals surface area contributed by atoms with Crippen molar-refractivity contribution in [1.29, 1.82) is 0 Å². The third kappa shape index (κ3) is 3.34. The van der Waals surface area contributed by atoms with Crippen LogP contribution in [0, 0.1) is 10.1 Å². The molecule has 9 nitrogen and oxygen atoms in total. The van der Waals surface area contributed by atoms with Gasteiger partial charge in [0, 0.05) is 18.2 Å². The summed E-state index contributed by atoms with van der Waals surface area (Å²) in [6.45, 7) is 0. The van der Waals surface area contributed by atoms with Gasteiger partial charge in [0.15, 0.2) is 5.88 Å². The number of hydrogen-bond donors (Lipinski definition) is 3. The Balaban J connectivity index is 2.37. The molecule has 1 amide bonds. The number of amides is 1. The maximum Gasteiger partial charge on any atom is 0.311 e. The molecule has 0 fully saturated rings. The highest BCUT2D eigenvalue weighted by molar-refractivity contribution is 6.29. The summed E-state index contributed by atoms with van der Waals surface area (Å²) in [5.41, 5.74) is -1.34. The van der Waals surface area contributed by atoms with E-state index in [1.54, 1.807) is 0 Å². The number of nitro groups is 1. The van der Waals surface area contributed by atoms with Gasteiger partial charge in [-0.15, -0.1) is 0 Å². The second kappa shape index (κ2) is 5.59. The first-order valence-electron chi connectivity index (χ1n) is 5.42. The van der Waals surface area contributed by atoms with Crippen LogP contribution in [-0.2, 0) is 0 Å². The predicted octanol–water partition coefficient (Wildman–Crippen LogP) is 1.29. The lowest BCUT2D eigenvalue weighted by Crippen LogP contribution is -2.17. The summed E-state index contributed by atoms with van der Waals surface area (Å²) >= 11 is 5.62. The van der Waals surface area contributed by atoms with Gasteiger partial charge in [-0.25, -0.2) is 4.98 Å². The van der Waals surface area contributed by atoms with Crippen LogP contribution >= 0.6 is 11.6 Å². The van der Waals surface area contributed by atoms with Crippen LogP contribution in [0.5, 0.6) is 5.88 Å². The van der Waals surface area contributed by atoms with Crippen LogP contribution < -0.4 is 10.9 Å². The highest BCUT2D eigenvalue weighted by Crippen LogP contribution is 2.24. The molecule has 2 aromatic rings. The minimum Gasteiger partial charge on any atom is -0.494 e. The minimum absolute atomic E-state index is 0.0512. The van der Waals surface area contributed by atoms with Crippen LogP contribution in [0.15, 0.2) is 29.1 Å². The number of pyridine rings is 2. The highest BCUT2D eigenvalue weighted by atomic mass is 35.5. The van der Waals surface area contributed by atoms with Gasteiger partial charge in [0.05, 0.1) is 10.5 Å². The number of rotatable bonds is 3.